The Kier molecular flexibility index (Phi) is 6.71. The monoisotopic (exact) mass is 369 g/mol. The van der Waals surface area contributed by atoms with E-state index in [1.54, 1.807) is 6.07 Å². The zero-order chi connectivity index (χ0) is 19.1. The van der Waals surface area contributed by atoms with Crippen molar-refractivity contribution in [1.82, 2.24) is 5.32 Å². The molecule has 0 saturated carbocycles. The molecular weight excluding hydrogens is 342 g/mol. The summed E-state index contributed by atoms with van der Waals surface area (Å²) in [6.07, 6.45) is 2.18. The molecule has 1 amide bonds. The van der Waals surface area contributed by atoms with E-state index in [4.69, 9.17) is 14.2 Å². The Hall–Kier alpha value is -2.53. The fraction of sp³-hybridized carbons (Fsp3) is 0.409. The first-order chi connectivity index (χ1) is 13.2. The quantitative estimate of drug-likeness (QED) is 0.767. The summed E-state index contributed by atoms with van der Waals surface area (Å²) < 4.78 is 17.1. The van der Waals surface area contributed by atoms with E-state index in [-0.39, 0.29) is 12.0 Å². The molecule has 27 heavy (non-hydrogen) atoms. The van der Waals surface area contributed by atoms with Crippen molar-refractivity contribution in [3.05, 3.63) is 59.2 Å². The second-order valence-electron chi connectivity index (χ2n) is 6.70. The smallest absolute Gasteiger partial charge is 0.251 e. The molecule has 1 saturated heterocycles. The van der Waals surface area contributed by atoms with Crippen molar-refractivity contribution in [2.24, 2.45) is 0 Å². The average molecular weight is 369 g/mol. The van der Waals surface area contributed by atoms with E-state index in [1.165, 1.54) is 5.56 Å². The molecule has 1 heterocycles. The summed E-state index contributed by atoms with van der Waals surface area (Å²) in [5.74, 6) is 1.42. The highest BCUT2D eigenvalue weighted by Gasteiger charge is 2.17. The van der Waals surface area contributed by atoms with Gasteiger partial charge in [-0.25, -0.2) is 0 Å². The number of carbonyl (C=O) groups is 1. The van der Waals surface area contributed by atoms with Gasteiger partial charge in [-0.1, -0.05) is 17.7 Å². The molecule has 5 nitrogen and oxygen atoms in total. The number of benzene rings is 2. The van der Waals surface area contributed by atoms with Crippen molar-refractivity contribution < 1.29 is 19.0 Å². The fourth-order valence-electron chi connectivity index (χ4n) is 3.04. The van der Waals surface area contributed by atoms with Crippen LogP contribution in [-0.2, 0) is 11.3 Å². The van der Waals surface area contributed by atoms with Crippen LogP contribution in [0.25, 0.3) is 0 Å². The maximum atomic E-state index is 12.5. The van der Waals surface area contributed by atoms with Crippen LogP contribution < -0.4 is 14.8 Å². The van der Waals surface area contributed by atoms with Crippen molar-refractivity contribution in [1.29, 1.82) is 0 Å². The van der Waals surface area contributed by atoms with Crippen LogP contribution in [-0.4, -0.2) is 31.8 Å². The van der Waals surface area contributed by atoms with Crippen LogP contribution in [0.1, 0.15) is 41.3 Å². The highest BCUT2D eigenvalue weighted by atomic mass is 16.5. The van der Waals surface area contributed by atoms with Crippen molar-refractivity contribution in [2.45, 2.75) is 39.4 Å². The van der Waals surface area contributed by atoms with Crippen LogP contribution in [0.5, 0.6) is 11.5 Å². The van der Waals surface area contributed by atoms with Crippen molar-refractivity contribution in [3.8, 4) is 11.5 Å². The molecule has 0 aromatic heterocycles. The van der Waals surface area contributed by atoms with Gasteiger partial charge in [-0.2, -0.15) is 0 Å². The van der Waals surface area contributed by atoms with Gasteiger partial charge in [-0.3, -0.25) is 4.79 Å². The molecule has 0 aliphatic carbocycles. The van der Waals surface area contributed by atoms with E-state index in [9.17, 15) is 4.79 Å². The molecule has 5 heteroatoms. The Morgan fingerprint density at radius 2 is 2.00 bits per heavy atom. The van der Waals surface area contributed by atoms with E-state index >= 15 is 0 Å². The molecule has 1 atom stereocenters. The summed E-state index contributed by atoms with van der Waals surface area (Å²) >= 11 is 0. The highest BCUT2D eigenvalue weighted by molar-refractivity contribution is 5.94. The third-order valence-electron chi connectivity index (χ3n) is 4.55. The molecule has 0 unspecified atom stereocenters. The minimum atomic E-state index is -0.106. The van der Waals surface area contributed by atoms with E-state index in [2.05, 4.69) is 5.32 Å². The molecule has 144 valence electrons. The number of ether oxygens (including phenoxy) is 3. The summed E-state index contributed by atoms with van der Waals surface area (Å²) in [6.45, 7) is 6.20. The first-order valence-electron chi connectivity index (χ1n) is 9.50. The molecule has 1 N–H and O–H groups in total. The lowest BCUT2D eigenvalue weighted by molar-refractivity contribution is 0.0857. The van der Waals surface area contributed by atoms with Crippen LogP contribution in [0, 0.1) is 6.92 Å². The Morgan fingerprint density at radius 1 is 1.19 bits per heavy atom. The molecule has 3 rings (SSSR count). The lowest BCUT2D eigenvalue weighted by Crippen LogP contribution is -2.31. The number of rotatable bonds is 8. The molecule has 1 fully saturated rings. The standard InChI is InChI=1S/C22H27NO4/c1-3-25-21-11-8-17(22(24)23-14-20-5-4-12-26-20)13-18(21)15-27-19-9-6-16(2)7-10-19/h6-11,13,20H,3-5,12,14-15H2,1-2H3,(H,23,24)/t20-/m1/s1. The Balaban J connectivity index is 1.67. The van der Waals surface area contributed by atoms with Crippen molar-refractivity contribution in [2.75, 3.05) is 19.8 Å². The van der Waals surface area contributed by atoms with Gasteiger partial charge < -0.3 is 19.5 Å². The Morgan fingerprint density at radius 3 is 2.70 bits per heavy atom. The second kappa shape index (κ2) is 9.42. The zero-order valence-corrected chi connectivity index (χ0v) is 16.0. The Bertz CT molecular complexity index is 751. The lowest BCUT2D eigenvalue weighted by atomic mass is 10.1. The van der Waals surface area contributed by atoms with Gasteiger partial charge in [0.2, 0.25) is 0 Å². The molecule has 0 bridgehead atoms. The Labute approximate surface area is 160 Å². The number of carbonyl (C=O) groups excluding carboxylic acids is 1. The zero-order valence-electron chi connectivity index (χ0n) is 16.0. The van der Waals surface area contributed by atoms with Gasteiger partial charge in [-0.15, -0.1) is 0 Å². The molecule has 2 aromatic rings. The van der Waals surface area contributed by atoms with Gasteiger partial charge in [0.15, 0.2) is 0 Å². The molecule has 2 aromatic carbocycles. The van der Waals surface area contributed by atoms with Gasteiger partial charge in [0.05, 0.1) is 12.7 Å². The lowest BCUT2D eigenvalue weighted by Gasteiger charge is -2.14. The number of hydrogen-bond acceptors (Lipinski definition) is 4. The van der Waals surface area contributed by atoms with Gasteiger partial charge in [-0.05, 0) is 57.0 Å². The van der Waals surface area contributed by atoms with Crippen molar-refractivity contribution >= 4 is 5.91 Å². The summed E-state index contributed by atoms with van der Waals surface area (Å²) in [6, 6.07) is 13.3. The maximum absolute atomic E-state index is 12.5. The second-order valence-corrected chi connectivity index (χ2v) is 6.70. The van der Waals surface area contributed by atoms with Crippen LogP contribution in [0.4, 0.5) is 0 Å². The van der Waals surface area contributed by atoms with Gasteiger partial charge >= 0.3 is 0 Å². The molecule has 0 radical (unpaired) electrons. The van der Waals surface area contributed by atoms with E-state index in [0.29, 0.717) is 25.3 Å². The minimum absolute atomic E-state index is 0.106. The topological polar surface area (TPSA) is 56.8 Å². The summed E-state index contributed by atoms with van der Waals surface area (Å²) in [7, 11) is 0. The first kappa shape index (κ1) is 19.2. The van der Waals surface area contributed by atoms with Crippen LogP contribution in [0.15, 0.2) is 42.5 Å². The van der Waals surface area contributed by atoms with E-state index < -0.39 is 0 Å². The molecular formula is C22H27NO4. The normalized spacial score (nSPS) is 16.1. The predicted molar refractivity (Wildman–Crippen MR) is 104 cm³/mol. The number of aryl methyl sites for hydroxylation is 1. The fourth-order valence-corrected chi connectivity index (χ4v) is 3.04. The largest absolute Gasteiger partial charge is 0.493 e. The molecule has 0 spiro atoms. The summed E-state index contributed by atoms with van der Waals surface area (Å²) in [5, 5.41) is 2.95. The maximum Gasteiger partial charge on any atom is 0.251 e. The first-order valence-corrected chi connectivity index (χ1v) is 9.50. The predicted octanol–water partition coefficient (Wildman–Crippen LogP) is 3.88. The van der Waals surface area contributed by atoms with Crippen LogP contribution >= 0.6 is 0 Å². The summed E-state index contributed by atoms with van der Waals surface area (Å²) in [5.41, 5.74) is 2.63. The van der Waals surface area contributed by atoms with Crippen LogP contribution in [0.3, 0.4) is 0 Å². The van der Waals surface area contributed by atoms with E-state index in [1.807, 2.05) is 50.2 Å². The van der Waals surface area contributed by atoms with Gasteiger partial charge in [0.1, 0.15) is 18.1 Å². The average Bonchev–Trinajstić information content (AvgIpc) is 3.20. The third-order valence-corrected chi connectivity index (χ3v) is 4.55. The molecule has 1 aliphatic rings. The third kappa shape index (κ3) is 5.47. The molecule has 1 aliphatic heterocycles. The van der Waals surface area contributed by atoms with Gasteiger partial charge in [0.25, 0.3) is 5.91 Å². The number of amides is 1. The SMILES string of the molecule is CCOc1ccc(C(=O)NC[C@H]2CCCO2)cc1COc1ccc(C)cc1. The van der Waals surface area contributed by atoms with E-state index in [0.717, 1.165) is 36.5 Å². The number of nitrogens with one attached hydrogen (secondary N) is 1. The number of hydrogen-bond donors (Lipinski definition) is 1. The summed E-state index contributed by atoms with van der Waals surface area (Å²) in [4.78, 5) is 12.5. The van der Waals surface area contributed by atoms with Crippen molar-refractivity contribution in [3.63, 3.8) is 0 Å². The minimum Gasteiger partial charge on any atom is -0.493 e. The highest BCUT2D eigenvalue weighted by Crippen LogP contribution is 2.23. The van der Waals surface area contributed by atoms with Gasteiger partial charge in [0, 0.05) is 24.3 Å². The van der Waals surface area contributed by atoms with Crippen LogP contribution in [0.2, 0.25) is 0 Å².